The quantitative estimate of drug-likeness (QED) is 0.783. The maximum absolute atomic E-state index is 12.9. The molecule has 27 heavy (non-hydrogen) atoms. The zero-order valence-corrected chi connectivity index (χ0v) is 15.2. The molecule has 3 aliphatic rings. The Bertz CT molecular complexity index is 718. The van der Waals surface area contributed by atoms with Gasteiger partial charge in [0.1, 0.15) is 6.61 Å². The van der Waals surface area contributed by atoms with Crippen LogP contribution in [-0.2, 0) is 20.9 Å². The van der Waals surface area contributed by atoms with Crippen molar-refractivity contribution >= 4 is 17.9 Å². The van der Waals surface area contributed by atoms with Gasteiger partial charge in [-0.15, -0.1) is 0 Å². The topological polar surface area (TPSA) is 83.1 Å². The fourth-order valence-electron chi connectivity index (χ4n) is 4.19. The highest BCUT2D eigenvalue weighted by Gasteiger charge is 2.39. The molecular weight excluding hydrogens is 348 g/mol. The molecule has 0 aromatic carbocycles. The maximum Gasteiger partial charge on any atom is 0.410 e. The van der Waals surface area contributed by atoms with Crippen LogP contribution in [0.5, 0.6) is 0 Å². The number of aromatic nitrogens is 1. The van der Waals surface area contributed by atoms with Gasteiger partial charge in [-0.25, -0.2) is 4.79 Å². The number of likely N-dealkylation sites (tertiary alicyclic amines) is 2. The van der Waals surface area contributed by atoms with Gasteiger partial charge in [0.2, 0.25) is 11.8 Å². The standard InChI is InChI=1S/C19H24N4O4/c24-17-11-15(13-22(17)12-14-1-5-20-6-2-14)18(25)21-7-3-16(4-8-21)23-9-10-27-19(23)26/h1-2,5-6,15-16H,3-4,7-13H2/t15-/m0/s1. The number of carbonyl (C=O) groups excluding carboxylic acids is 3. The molecule has 3 fully saturated rings. The molecule has 144 valence electrons. The van der Waals surface area contributed by atoms with Crippen molar-refractivity contribution in [1.29, 1.82) is 0 Å². The van der Waals surface area contributed by atoms with E-state index in [2.05, 4.69) is 4.98 Å². The molecule has 1 atom stereocenters. The number of amides is 3. The maximum atomic E-state index is 12.9. The van der Waals surface area contributed by atoms with Gasteiger partial charge in [0.05, 0.1) is 12.5 Å². The van der Waals surface area contributed by atoms with Crippen molar-refractivity contribution in [2.45, 2.75) is 31.8 Å². The monoisotopic (exact) mass is 372 g/mol. The number of carbonyl (C=O) groups is 3. The van der Waals surface area contributed by atoms with Gasteiger partial charge in [-0.05, 0) is 30.5 Å². The van der Waals surface area contributed by atoms with Crippen LogP contribution in [0.4, 0.5) is 4.79 Å². The summed E-state index contributed by atoms with van der Waals surface area (Å²) in [6.07, 6.45) is 4.98. The van der Waals surface area contributed by atoms with E-state index in [9.17, 15) is 14.4 Å². The van der Waals surface area contributed by atoms with Crippen molar-refractivity contribution in [3.05, 3.63) is 30.1 Å². The minimum absolute atomic E-state index is 0.0276. The first kappa shape index (κ1) is 17.8. The predicted molar refractivity (Wildman–Crippen MR) is 95.4 cm³/mol. The lowest BCUT2D eigenvalue weighted by Gasteiger charge is -2.36. The molecule has 1 aromatic heterocycles. The molecule has 0 radical (unpaired) electrons. The number of cyclic esters (lactones) is 1. The van der Waals surface area contributed by atoms with E-state index >= 15 is 0 Å². The zero-order valence-electron chi connectivity index (χ0n) is 15.2. The van der Waals surface area contributed by atoms with Crippen molar-refractivity contribution < 1.29 is 19.1 Å². The smallest absolute Gasteiger partial charge is 0.410 e. The Morgan fingerprint density at radius 2 is 1.89 bits per heavy atom. The van der Waals surface area contributed by atoms with E-state index in [1.807, 2.05) is 17.0 Å². The number of hydrogen-bond donors (Lipinski definition) is 0. The molecule has 0 spiro atoms. The third kappa shape index (κ3) is 3.74. The number of pyridine rings is 1. The Morgan fingerprint density at radius 3 is 2.56 bits per heavy atom. The van der Waals surface area contributed by atoms with Crippen molar-refractivity contribution in [2.24, 2.45) is 5.92 Å². The summed E-state index contributed by atoms with van der Waals surface area (Å²) in [6.45, 7) is 3.33. The van der Waals surface area contributed by atoms with Crippen LogP contribution in [0.3, 0.4) is 0 Å². The van der Waals surface area contributed by atoms with E-state index < -0.39 is 0 Å². The molecule has 4 rings (SSSR count). The highest BCUT2D eigenvalue weighted by Crippen LogP contribution is 2.25. The third-order valence-corrected chi connectivity index (χ3v) is 5.70. The fraction of sp³-hybridized carbons (Fsp3) is 0.579. The van der Waals surface area contributed by atoms with Gasteiger partial charge in [-0.3, -0.25) is 14.6 Å². The summed E-state index contributed by atoms with van der Waals surface area (Å²) in [4.78, 5) is 46.3. The number of hydrogen-bond acceptors (Lipinski definition) is 5. The van der Waals surface area contributed by atoms with Crippen LogP contribution in [0.25, 0.3) is 0 Å². The first-order valence-corrected chi connectivity index (χ1v) is 9.50. The van der Waals surface area contributed by atoms with Crippen molar-refractivity contribution in [1.82, 2.24) is 19.7 Å². The van der Waals surface area contributed by atoms with E-state index in [0.717, 1.165) is 18.4 Å². The molecule has 0 bridgehead atoms. The van der Waals surface area contributed by atoms with Crippen molar-refractivity contribution in [2.75, 3.05) is 32.8 Å². The second-order valence-corrected chi connectivity index (χ2v) is 7.39. The average molecular weight is 372 g/mol. The highest BCUT2D eigenvalue weighted by molar-refractivity contribution is 5.89. The van der Waals surface area contributed by atoms with E-state index in [1.165, 1.54) is 0 Å². The van der Waals surface area contributed by atoms with E-state index in [-0.39, 0.29) is 36.3 Å². The molecule has 8 nitrogen and oxygen atoms in total. The normalized spacial score (nSPS) is 23.9. The SMILES string of the molecule is O=C1C[C@H](C(=O)N2CCC(N3CCOC3=O)CC2)CN1Cc1ccncc1. The van der Waals surface area contributed by atoms with Crippen molar-refractivity contribution in [3.63, 3.8) is 0 Å². The lowest BCUT2D eigenvalue weighted by atomic mass is 10.0. The van der Waals surface area contributed by atoms with Crippen LogP contribution < -0.4 is 0 Å². The van der Waals surface area contributed by atoms with Gasteiger partial charge >= 0.3 is 6.09 Å². The average Bonchev–Trinajstić information content (AvgIpc) is 3.28. The molecule has 4 heterocycles. The Labute approximate surface area is 158 Å². The molecular formula is C19H24N4O4. The number of ether oxygens (including phenoxy) is 1. The minimum Gasteiger partial charge on any atom is -0.448 e. The summed E-state index contributed by atoms with van der Waals surface area (Å²) < 4.78 is 5.01. The first-order chi connectivity index (χ1) is 13.1. The summed E-state index contributed by atoms with van der Waals surface area (Å²) in [6, 6.07) is 3.92. The summed E-state index contributed by atoms with van der Waals surface area (Å²) in [5.41, 5.74) is 1.02. The van der Waals surface area contributed by atoms with Crippen LogP contribution in [0.2, 0.25) is 0 Å². The Hall–Kier alpha value is -2.64. The largest absolute Gasteiger partial charge is 0.448 e. The molecule has 3 aliphatic heterocycles. The molecule has 0 unspecified atom stereocenters. The van der Waals surface area contributed by atoms with Crippen LogP contribution >= 0.6 is 0 Å². The highest BCUT2D eigenvalue weighted by atomic mass is 16.6. The molecule has 8 heteroatoms. The number of rotatable bonds is 4. The summed E-state index contributed by atoms with van der Waals surface area (Å²) >= 11 is 0. The van der Waals surface area contributed by atoms with Gasteiger partial charge in [0.15, 0.2) is 0 Å². The molecule has 3 amide bonds. The van der Waals surface area contributed by atoms with E-state index in [0.29, 0.717) is 39.3 Å². The summed E-state index contributed by atoms with van der Waals surface area (Å²) in [5.74, 6) is -0.185. The number of nitrogens with zero attached hydrogens (tertiary/aromatic N) is 4. The molecule has 0 N–H and O–H groups in total. The minimum atomic E-state index is -0.271. The van der Waals surface area contributed by atoms with Gasteiger partial charge in [-0.1, -0.05) is 0 Å². The lowest BCUT2D eigenvalue weighted by Crippen LogP contribution is -2.48. The van der Waals surface area contributed by atoms with E-state index in [4.69, 9.17) is 4.74 Å². The summed E-state index contributed by atoms with van der Waals surface area (Å²) in [5, 5.41) is 0. The van der Waals surface area contributed by atoms with Crippen molar-refractivity contribution in [3.8, 4) is 0 Å². The Morgan fingerprint density at radius 1 is 1.15 bits per heavy atom. The van der Waals surface area contributed by atoms with E-state index in [1.54, 1.807) is 22.2 Å². The van der Waals surface area contributed by atoms with Gasteiger partial charge in [0, 0.05) is 51.0 Å². The van der Waals surface area contributed by atoms with Crippen LogP contribution in [-0.4, -0.2) is 76.4 Å². The van der Waals surface area contributed by atoms with Crippen LogP contribution in [0.15, 0.2) is 24.5 Å². The second-order valence-electron chi connectivity index (χ2n) is 7.39. The van der Waals surface area contributed by atoms with Gasteiger partial charge in [-0.2, -0.15) is 0 Å². The Kier molecular flexibility index (Phi) is 4.96. The zero-order chi connectivity index (χ0) is 18.8. The number of piperidine rings is 1. The first-order valence-electron chi connectivity index (χ1n) is 9.50. The lowest BCUT2D eigenvalue weighted by molar-refractivity contribution is -0.137. The van der Waals surface area contributed by atoms with Crippen LogP contribution in [0.1, 0.15) is 24.8 Å². The molecule has 0 aliphatic carbocycles. The Balaban J connectivity index is 1.30. The predicted octanol–water partition coefficient (Wildman–Crippen LogP) is 0.873. The fourth-order valence-corrected chi connectivity index (χ4v) is 4.19. The second kappa shape index (κ2) is 7.54. The molecule has 3 saturated heterocycles. The van der Waals surface area contributed by atoms with Crippen LogP contribution in [0, 0.1) is 5.92 Å². The third-order valence-electron chi connectivity index (χ3n) is 5.70. The molecule has 1 aromatic rings. The summed E-state index contributed by atoms with van der Waals surface area (Å²) in [7, 11) is 0. The van der Waals surface area contributed by atoms with Gasteiger partial charge < -0.3 is 19.4 Å². The molecule has 0 saturated carbocycles. The van der Waals surface area contributed by atoms with Gasteiger partial charge in [0.25, 0.3) is 0 Å².